The van der Waals surface area contributed by atoms with Crippen LogP contribution in [0.25, 0.3) is 10.4 Å². The Bertz CT molecular complexity index is 1930. The van der Waals surface area contributed by atoms with Crippen molar-refractivity contribution in [1.29, 1.82) is 0 Å². The lowest BCUT2D eigenvalue weighted by atomic mass is 9.95. The van der Waals surface area contributed by atoms with Gasteiger partial charge in [0.2, 0.25) is 0 Å². The van der Waals surface area contributed by atoms with Crippen LogP contribution in [0.5, 0.6) is 0 Å². The first-order chi connectivity index (χ1) is 38.1. The van der Waals surface area contributed by atoms with E-state index in [4.69, 9.17) is 66.3 Å². The average Bonchev–Trinajstić information content (AvgIpc) is 3.52. The van der Waals surface area contributed by atoms with Crippen molar-refractivity contribution < 1.29 is 168 Å². The molecule has 0 aromatic rings. The molecule has 34 unspecified atom stereocenters. The van der Waals surface area contributed by atoms with E-state index in [0.717, 1.165) is 6.92 Å². The number of ether oxygens (including phenoxy) is 14. The molecule has 13 fully saturated rings. The van der Waals surface area contributed by atoms with Crippen LogP contribution >= 0.6 is 0 Å². The van der Waals surface area contributed by atoms with E-state index in [0.29, 0.717) is 0 Å². The van der Waals surface area contributed by atoms with Crippen LogP contribution in [0, 0.1) is 0 Å². The summed E-state index contributed by atoms with van der Waals surface area (Å²) in [6, 6.07) is 0. The van der Waals surface area contributed by atoms with E-state index in [9.17, 15) is 108 Å². The maximum atomic E-state index is 11.4. The second-order valence-corrected chi connectivity index (χ2v) is 19.9. The van der Waals surface area contributed by atoms with Gasteiger partial charge in [0.15, 0.2) is 44.0 Å². The first-order valence-corrected chi connectivity index (χ1v) is 25.4. The Balaban J connectivity index is 1.20. The van der Waals surface area contributed by atoms with Crippen LogP contribution in [0.1, 0.15) is 6.92 Å². The lowest BCUT2D eigenvalue weighted by Crippen LogP contribution is -2.68. The third-order valence-corrected chi connectivity index (χ3v) is 14.6. The Kier molecular flexibility index (Phi) is 23.7. The fraction of sp³-hybridized carbons (Fsp3) is 1.00. The number of aliphatic hydroxyl groups excluding tert-OH is 20. The minimum atomic E-state index is -2.22. The van der Waals surface area contributed by atoms with Crippen LogP contribution in [0.15, 0.2) is 5.11 Å². The van der Waals surface area contributed by atoms with Crippen molar-refractivity contribution in [3.63, 3.8) is 0 Å². The molecule has 37 heteroatoms. The van der Waals surface area contributed by atoms with Gasteiger partial charge in [-0.1, -0.05) is 5.11 Å². The summed E-state index contributed by atoms with van der Waals surface area (Å²) >= 11 is 0. The van der Waals surface area contributed by atoms with Crippen molar-refractivity contribution in [2.75, 3.05) is 52.8 Å². The normalized spacial score (nSPS) is 51.6. The molecule has 12 bridgehead atoms. The highest BCUT2D eigenvalue weighted by Gasteiger charge is 2.58. The molecule has 13 aliphatic rings. The van der Waals surface area contributed by atoms with Crippen molar-refractivity contribution in [2.24, 2.45) is 5.11 Å². The molecule has 13 heterocycles. The van der Waals surface area contributed by atoms with Crippen molar-refractivity contribution in [3.8, 4) is 0 Å². The lowest BCUT2D eigenvalue weighted by molar-refractivity contribution is -0.396. The number of azide groups is 1. The van der Waals surface area contributed by atoms with Gasteiger partial charge in [0, 0.05) is 4.91 Å². The molecule has 20 N–H and O–H groups in total. The monoisotopic (exact) mass is 1180 g/mol. The molecular weight excluding hydrogens is 1100 g/mol. The molecule has 34 atom stereocenters. The van der Waals surface area contributed by atoms with Gasteiger partial charge in [-0.25, -0.2) is 0 Å². The van der Waals surface area contributed by atoms with Gasteiger partial charge in [0.25, 0.3) is 0 Å². The summed E-state index contributed by atoms with van der Waals surface area (Å²) < 4.78 is 80.1. The highest BCUT2D eigenvalue weighted by atomic mass is 16.8. The zero-order chi connectivity index (χ0) is 58.6. The number of fused-ring (bicyclic) bond motifs is 6. The molecule has 0 amide bonds. The summed E-state index contributed by atoms with van der Waals surface area (Å²) in [6.07, 6.45) is -67.6. The van der Waals surface area contributed by atoms with Crippen LogP contribution in [0.4, 0.5) is 0 Å². The maximum Gasteiger partial charge on any atom is 0.187 e. The summed E-state index contributed by atoms with van der Waals surface area (Å²) in [5.74, 6) is 0. The highest BCUT2D eigenvalue weighted by Crippen LogP contribution is 2.38. The molecule has 0 aromatic heterocycles. The van der Waals surface area contributed by atoms with Gasteiger partial charge < -0.3 is 168 Å². The predicted octanol–water partition coefficient (Wildman–Crippen LogP) is -13.3. The molecule has 80 heavy (non-hydrogen) atoms. The molecule has 0 spiro atoms. The van der Waals surface area contributed by atoms with Gasteiger partial charge in [-0.2, -0.15) is 0 Å². The summed E-state index contributed by atoms with van der Waals surface area (Å²) in [4.78, 5) is 2.65. The molecule has 13 aliphatic heterocycles. The Morgan fingerprint density at radius 1 is 0.325 bits per heavy atom. The number of rotatable bonds is 10. The zero-order valence-electron chi connectivity index (χ0n) is 42.3. The van der Waals surface area contributed by atoms with E-state index < -0.39 is 262 Å². The second-order valence-electron chi connectivity index (χ2n) is 19.9. The number of hydrogen-bond acceptors (Lipinski definition) is 35. The van der Waals surface area contributed by atoms with Crippen LogP contribution < -0.4 is 0 Å². The summed E-state index contributed by atoms with van der Waals surface area (Å²) in [6.45, 7) is -7.10. The molecular formula is C43H73N3O34. The summed E-state index contributed by atoms with van der Waals surface area (Å²) in [7, 11) is 0. The van der Waals surface area contributed by atoms with E-state index in [1.165, 1.54) is 0 Å². The molecule has 0 radical (unpaired) electrons. The largest absolute Gasteiger partial charge is 0.394 e. The predicted molar refractivity (Wildman–Crippen MR) is 242 cm³/mol. The van der Waals surface area contributed by atoms with E-state index in [-0.39, 0.29) is 0 Å². The molecule has 0 aliphatic carbocycles. The van der Waals surface area contributed by atoms with Crippen LogP contribution in [-0.2, 0) is 66.3 Å². The zero-order valence-corrected chi connectivity index (χ0v) is 42.3. The maximum absolute atomic E-state index is 11.4. The summed E-state index contributed by atoms with van der Waals surface area (Å²) in [5, 5.41) is 223. The molecule has 13 rings (SSSR count). The number of nitrogens with zero attached hydrogens (tertiary/aromatic N) is 3. The molecule has 464 valence electrons. The first kappa shape index (κ1) is 65.5. The lowest BCUT2D eigenvalue weighted by Gasteiger charge is -2.50. The fourth-order valence-electron chi connectivity index (χ4n) is 10.3. The minimum absolute atomic E-state index is 0.771. The van der Waals surface area contributed by atoms with Crippen LogP contribution in [-0.4, -0.2) is 364 Å². The van der Waals surface area contributed by atoms with E-state index in [2.05, 4.69) is 10.0 Å². The quantitative estimate of drug-likeness (QED) is 0.0549. The van der Waals surface area contributed by atoms with Gasteiger partial charge in [-0.3, -0.25) is 0 Å². The van der Waals surface area contributed by atoms with Gasteiger partial charge in [0.1, 0.15) is 153 Å². The van der Waals surface area contributed by atoms with Crippen molar-refractivity contribution in [1.82, 2.24) is 0 Å². The fourth-order valence-corrected chi connectivity index (χ4v) is 10.3. The van der Waals surface area contributed by atoms with E-state index in [1.807, 2.05) is 0 Å². The Labute approximate surface area is 452 Å². The molecule has 13 saturated heterocycles. The number of hydrogen-bond donors (Lipinski definition) is 20. The second kappa shape index (κ2) is 28.9. The minimum Gasteiger partial charge on any atom is -0.394 e. The first-order valence-electron chi connectivity index (χ1n) is 25.4. The smallest absolute Gasteiger partial charge is 0.187 e. The van der Waals surface area contributed by atoms with Crippen molar-refractivity contribution in [3.05, 3.63) is 10.4 Å². The van der Waals surface area contributed by atoms with Crippen LogP contribution in [0.3, 0.4) is 0 Å². The summed E-state index contributed by atoms with van der Waals surface area (Å²) in [5.41, 5.74) is 9.25. The van der Waals surface area contributed by atoms with Crippen molar-refractivity contribution in [2.45, 2.75) is 216 Å². The van der Waals surface area contributed by atoms with Gasteiger partial charge in [-0.15, -0.1) is 0 Å². The molecule has 0 saturated carbocycles. The Morgan fingerprint density at radius 2 is 0.562 bits per heavy atom. The van der Waals surface area contributed by atoms with Crippen LogP contribution in [0.2, 0.25) is 0 Å². The third-order valence-electron chi connectivity index (χ3n) is 14.6. The van der Waals surface area contributed by atoms with Gasteiger partial charge in [0.05, 0.1) is 65.0 Å². The molecule has 0 aromatic carbocycles. The molecule has 37 nitrogen and oxygen atoms in total. The highest BCUT2D eigenvalue weighted by molar-refractivity contribution is 5.00. The van der Waals surface area contributed by atoms with Crippen molar-refractivity contribution >= 4 is 0 Å². The van der Waals surface area contributed by atoms with Gasteiger partial charge >= 0.3 is 0 Å². The SMILES string of the molecule is CC(O)C1OC2OC(CO)C(OC3OC(CO)C(OC4OC(CO)C(OC5OC(CO)C(OC6OC(CO)C(OC7OC(CO)C(OC(CO)OC1CN=[N+]=[N-])C(O)C7O)C(O)C6O)C(O)C5O)C(O)C4O)C(O)C3O)C(O)C2O. The van der Waals surface area contributed by atoms with Gasteiger partial charge in [-0.05, 0) is 12.5 Å². The Hall–Kier alpha value is -2.05. The van der Waals surface area contributed by atoms with E-state index in [1.54, 1.807) is 0 Å². The van der Waals surface area contributed by atoms with E-state index >= 15 is 0 Å². The standard InChI is InChI=1S/C43H73N3O34/c1-10(54)31-11(2-45-46-44)67-18(9-53)74-32-12(3-47)68-39(25(61)19(32)55)76-34-14(5-49)70-41(27(63)21(34)57)78-36-16(7-51)72-43(29(65)23(36)59)80-37-17(8-52)73-42(30(66)24(37)60)79-35-15(6-50)71-40(28(64)22(35)58)77-33-13(4-48)69-38(75-31)26(62)20(33)56/h10-43,47-66H,2-9H2,1H3. The third kappa shape index (κ3) is 13.8. The number of aliphatic hydroxyl groups is 20. The Morgan fingerprint density at radius 3 is 0.775 bits per heavy atom. The topological polar surface area (TPSA) is 583 Å². The average molecular weight is 1180 g/mol.